The number of unbranched alkanes of at least 4 members (excludes halogenated alkanes) is 1. The molecule has 1 aromatic heterocycles. The van der Waals surface area contributed by atoms with Crippen LogP contribution in [0.1, 0.15) is 57.7 Å². The van der Waals surface area contributed by atoms with E-state index in [2.05, 4.69) is 11.9 Å². The van der Waals surface area contributed by atoms with Crippen molar-refractivity contribution < 1.29 is 23.8 Å². The van der Waals surface area contributed by atoms with Gasteiger partial charge in [0.2, 0.25) is 0 Å². The number of carbonyl (C=O) groups excluding carboxylic acids is 2. The Hall–Kier alpha value is -4.18. The number of anilines is 1. The molecule has 3 aromatic rings. The minimum absolute atomic E-state index is 0.169. The molecule has 41 heavy (non-hydrogen) atoms. The maximum atomic E-state index is 14.3. The molecule has 0 N–H and O–H groups in total. The van der Waals surface area contributed by atoms with Crippen LogP contribution in [0.5, 0.6) is 11.5 Å². The van der Waals surface area contributed by atoms with Gasteiger partial charge in [-0.25, -0.2) is 9.79 Å². The number of allylic oxidation sites excluding steroid dienone is 1. The minimum Gasteiger partial charge on any atom is -0.493 e. The van der Waals surface area contributed by atoms with E-state index >= 15 is 0 Å². The number of hydrogen-bond acceptors (Lipinski definition) is 8. The summed E-state index contributed by atoms with van der Waals surface area (Å²) in [6.45, 7) is 8.54. The first-order valence-corrected chi connectivity index (χ1v) is 14.6. The number of aromatic nitrogens is 1. The monoisotopic (exact) mass is 575 g/mol. The van der Waals surface area contributed by atoms with E-state index in [1.54, 1.807) is 44.1 Å². The SMILES string of the molecule is CCCCN1C(=O)/C(=c2/sc3n(c2=O)[C@@H](c2ccc(OC)c(OCC)c2)C(C(=O)OCC)=C(C)N=3)c2ccccc21. The van der Waals surface area contributed by atoms with Gasteiger partial charge in [0.25, 0.3) is 11.5 Å². The third kappa shape index (κ3) is 4.86. The maximum Gasteiger partial charge on any atom is 0.338 e. The summed E-state index contributed by atoms with van der Waals surface area (Å²) < 4.78 is 18.5. The van der Waals surface area contributed by atoms with E-state index < -0.39 is 17.6 Å². The molecule has 0 aliphatic carbocycles. The van der Waals surface area contributed by atoms with Gasteiger partial charge in [-0.3, -0.25) is 14.2 Å². The molecular weight excluding hydrogens is 542 g/mol. The second-order valence-electron chi connectivity index (χ2n) is 9.67. The van der Waals surface area contributed by atoms with Crippen LogP contribution in [-0.2, 0) is 14.3 Å². The predicted octanol–water partition coefficient (Wildman–Crippen LogP) is 3.72. The van der Waals surface area contributed by atoms with Crippen molar-refractivity contribution in [1.29, 1.82) is 0 Å². The molecule has 0 radical (unpaired) electrons. The van der Waals surface area contributed by atoms with Crippen molar-refractivity contribution in [2.45, 2.75) is 46.6 Å². The summed E-state index contributed by atoms with van der Waals surface area (Å²) in [5, 5.41) is 0. The van der Waals surface area contributed by atoms with E-state index in [-0.39, 0.29) is 18.1 Å². The van der Waals surface area contributed by atoms with Gasteiger partial charge in [0.05, 0.1) is 48.9 Å². The van der Waals surface area contributed by atoms with Crippen molar-refractivity contribution in [3.05, 3.63) is 84.5 Å². The number of carbonyl (C=O) groups is 2. The molecule has 2 aliphatic heterocycles. The van der Waals surface area contributed by atoms with Gasteiger partial charge >= 0.3 is 5.97 Å². The Balaban J connectivity index is 1.78. The zero-order valence-corrected chi connectivity index (χ0v) is 24.7. The Morgan fingerprint density at radius 2 is 1.83 bits per heavy atom. The number of amides is 1. The molecule has 3 heterocycles. The molecule has 1 amide bonds. The van der Waals surface area contributed by atoms with E-state index in [9.17, 15) is 14.4 Å². The first kappa shape index (κ1) is 28.4. The van der Waals surface area contributed by atoms with Gasteiger partial charge in [-0.2, -0.15) is 0 Å². The summed E-state index contributed by atoms with van der Waals surface area (Å²) in [4.78, 5) is 48.2. The number of fused-ring (bicyclic) bond motifs is 2. The van der Waals surface area contributed by atoms with Crippen molar-refractivity contribution in [2.75, 3.05) is 31.8 Å². The molecule has 9 nitrogen and oxygen atoms in total. The van der Waals surface area contributed by atoms with Gasteiger partial charge in [0, 0.05) is 12.1 Å². The molecule has 2 aliphatic rings. The third-order valence-corrected chi connectivity index (χ3v) is 8.23. The summed E-state index contributed by atoms with van der Waals surface area (Å²) in [7, 11) is 1.55. The number of ether oxygens (including phenoxy) is 3. The highest BCUT2D eigenvalue weighted by Gasteiger charge is 2.37. The zero-order chi connectivity index (χ0) is 29.3. The predicted molar refractivity (Wildman–Crippen MR) is 157 cm³/mol. The number of thiazole rings is 1. The van der Waals surface area contributed by atoms with Crippen LogP contribution < -0.4 is 29.3 Å². The number of rotatable bonds is 9. The number of methoxy groups -OCH3 is 1. The van der Waals surface area contributed by atoms with E-state index in [0.717, 1.165) is 35.4 Å². The normalized spacial score (nSPS) is 17.2. The number of hydrogen-bond donors (Lipinski definition) is 0. The van der Waals surface area contributed by atoms with Crippen LogP contribution in [0.3, 0.4) is 0 Å². The van der Waals surface area contributed by atoms with Crippen LogP contribution in [0.25, 0.3) is 5.57 Å². The first-order valence-electron chi connectivity index (χ1n) is 13.8. The van der Waals surface area contributed by atoms with E-state index in [4.69, 9.17) is 14.2 Å². The third-order valence-electron chi connectivity index (χ3n) is 7.18. The van der Waals surface area contributed by atoms with Crippen LogP contribution in [0.4, 0.5) is 5.69 Å². The van der Waals surface area contributed by atoms with Crippen molar-refractivity contribution in [2.24, 2.45) is 4.99 Å². The van der Waals surface area contributed by atoms with Gasteiger partial charge in [-0.15, -0.1) is 0 Å². The lowest BCUT2D eigenvalue weighted by atomic mass is 9.95. The fourth-order valence-corrected chi connectivity index (χ4v) is 6.46. The quantitative estimate of drug-likeness (QED) is 0.361. The molecule has 0 fully saturated rings. The number of esters is 1. The molecule has 1 atom stereocenters. The molecule has 0 saturated heterocycles. The number of nitrogens with zero attached hydrogens (tertiary/aromatic N) is 3. The van der Waals surface area contributed by atoms with Gasteiger partial charge in [0.15, 0.2) is 16.3 Å². The molecule has 0 saturated carbocycles. The number of benzene rings is 2. The highest BCUT2D eigenvalue weighted by Crippen LogP contribution is 2.37. The first-order chi connectivity index (χ1) is 19.9. The minimum atomic E-state index is -0.840. The Morgan fingerprint density at radius 3 is 2.54 bits per heavy atom. The summed E-state index contributed by atoms with van der Waals surface area (Å²) in [5.41, 5.74) is 2.82. The van der Waals surface area contributed by atoms with Crippen molar-refractivity contribution in [3.8, 4) is 11.5 Å². The van der Waals surface area contributed by atoms with Crippen molar-refractivity contribution in [3.63, 3.8) is 0 Å². The zero-order valence-electron chi connectivity index (χ0n) is 23.9. The fourth-order valence-electron chi connectivity index (χ4n) is 5.33. The van der Waals surface area contributed by atoms with Crippen LogP contribution in [0.15, 0.2) is 63.5 Å². The second-order valence-corrected chi connectivity index (χ2v) is 10.6. The Labute approximate surface area is 242 Å². The summed E-state index contributed by atoms with van der Waals surface area (Å²) in [6.07, 6.45) is 1.78. The van der Waals surface area contributed by atoms with Gasteiger partial charge in [0.1, 0.15) is 4.53 Å². The fraction of sp³-hybridized carbons (Fsp3) is 0.355. The summed E-state index contributed by atoms with van der Waals surface area (Å²) in [5.74, 6) is 0.259. The highest BCUT2D eigenvalue weighted by atomic mass is 32.1. The molecule has 5 rings (SSSR count). The summed E-state index contributed by atoms with van der Waals surface area (Å²) >= 11 is 1.16. The summed E-state index contributed by atoms with van der Waals surface area (Å²) in [6, 6.07) is 12.0. The van der Waals surface area contributed by atoms with E-state index in [1.165, 1.54) is 4.57 Å². The maximum absolute atomic E-state index is 14.3. The Bertz CT molecular complexity index is 1730. The van der Waals surface area contributed by atoms with Crippen molar-refractivity contribution >= 4 is 34.5 Å². The van der Waals surface area contributed by atoms with Gasteiger partial charge < -0.3 is 19.1 Å². The molecular formula is C31H33N3O6S. The van der Waals surface area contributed by atoms with Crippen molar-refractivity contribution in [1.82, 2.24) is 4.57 Å². The Kier molecular flexibility index (Phi) is 8.12. The lowest BCUT2D eigenvalue weighted by molar-refractivity contribution is -0.139. The molecule has 2 aromatic carbocycles. The van der Waals surface area contributed by atoms with Crippen LogP contribution in [0.2, 0.25) is 0 Å². The van der Waals surface area contributed by atoms with Gasteiger partial charge in [-0.05, 0) is 51.0 Å². The average molecular weight is 576 g/mol. The largest absolute Gasteiger partial charge is 0.493 e. The lowest BCUT2D eigenvalue weighted by Gasteiger charge is -2.25. The lowest BCUT2D eigenvalue weighted by Crippen LogP contribution is -2.41. The average Bonchev–Trinajstić information content (AvgIpc) is 3.43. The second kappa shape index (κ2) is 11.7. The molecule has 10 heteroatoms. The van der Waals surface area contributed by atoms with Crippen LogP contribution >= 0.6 is 11.3 Å². The van der Waals surface area contributed by atoms with E-state index in [1.807, 2.05) is 31.2 Å². The molecule has 0 unspecified atom stereocenters. The smallest absolute Gasteiger partial charge is 0.338 e. The van der Waals surface area contributed by atoms with Crippen LogP contribution in [0, 0.1) is 0 Å². The Morgan fingerprint density at radius 1 is 1.05 bits per heavy atom. The van der Waals surface area contributed by atoms with E-state index in [0.29, 0.717) is 50.8 Å². The molecule has 0 spiro atoms. The molecule has 214 valence electrons. The number of para-hydroxylation sites is 1. The standard InChI is InChI=1S/C31H33N3O6S/c1-6-9-16-33-21-13-11-10-12-20(21)25(28(33)35)27-29(36)34-26(19-14-15-22(38-5)23(17-19)39-7-2)24(30(37)40-8-3)18(4)32-31(34)41-27/h10-15,17,26H,6-9,16H2,1-5H3/b27-25+/t26-/m0/s1. The van der Waals surface area contributed by atoms with Crippen LogP contribution in [-0.4, -0.2) is 43.3 Å². The topological polar surface area (TPSA) is 99.4 Å². The molecule has 0 bridgehead atoms. The van der Waals surface area contributed by atoms with Gasteiger partial charge in [-0.1, -0.05) is 48.9 Å². The highest BCUT2D eigenvalue weighted by molar-refractivity contribution is 7.07.